The zero-order chi connectivity index (χ0) is 15.8. The summed E-state index contributed by atoms with van der Waals surface area (Å²) >= 11 is 0. The van der Waals surface area contributed by atoms with Gasteiger partial charge in [-0.1, -0.05) is 42.0 Å². The Balaban J connectivity index is 0.000000188. The molecule has 2 aliphatic heterocycles. The van der Waals surface area contributed by atoms with Crippen LogP contribution in [0.5, 0.6) is 0 Å². The second kappa shape index (κ2) is 8.76. The Morgan fingerprint density at radius 2 is 2.00 bits per heavy atom. The van der Waals surface area contributed by atoms with E-state index in [2.05, 4.69) is 66.4 Å². The molecule has 3 rings (SSSR count). The van der Waals surface area contributed by atoms with E-state index < -0.39 is 0 Å². The highest BCUT2D eigenvalue weighted by atomic mass is 16.3. The minimum atomic E-state index is 0.339. The van der Waals surface area contributed by atoms with Crippen LogP contribution in [0.25, 0.3) is 0 Å². The Kier molecular flexibility index (Phi) is 6.69. The second-order valence-electron chi connectivity index (χ2n) is 6.26. The van der Waals surface area contributed by atoms with Crippen LogP contribution in [0, 0.1) is 5.92 Å². The van der Waals surface area contributed by atoms with Gasteiger partial charge in [0.15, 0.2) is 0 Å². The zero-order valence-electron chi connectivity index (χ0n) is 13.8. The Morgan fingerprint density at radius 1 is 1.23 bits per heavy atom. The molecular formula is C19H28N2O. The molecule has 1 aromatic rings. The first-order valence-electron chi connectivity index (χ1n) is 8.09. The molecule has 22 heavy (non-hydrogen) atoms. The Bertz CT molecular complexity index is 495. The average molecular weight is 300 g/mol. The van der Waals surface area contributed by atoms with Crippen molar-refractivity contribution in [1.82, 2.24) is 9.80 Å². The number of nitrogens with zero attached hydrogens (tertiary/aromatic N) is 2. The average Bonchev–Trinajstić information content (AvgIpc) is 2.99. The molecule has 2 heterocycles. The van der Waals surface area contributed by atoms with Crippen LogP contribution < -0.4 is 0 Å². The topological polar surface area (TPSA) is 26.7 Å². The highest BCUT2D eigenvalue weighted by molar-refractivity contribution is 5.19. The first kappa shape index (κ1) is 16.8. The van der Waals surface area contributed by atoms with Crippen LogP contribution in [0.3, 0.4) is 0 Å². The van der Waals surface area contributed by atoms with Crippen LogP contribution in [0.2, 0.25) is 0 Å². The lowest BCUT2D eigenvalue weighted by atomic mass is 10.1. The smallest absolute Gasteiger partial charge is 0.0471 e. The first-order chi connectivity index (χ1) is 10.7. The number of hydrogen-bond acceptors (Lipinski definition) is 3. The SMILES string of the molecule is CC1=CCN(C)C=C1.OCC1CCN(Cc2ccccc2)C1. The van der Waals surface area contributed by atoms with E-state index in [-0.39, 0.29) is 0 Å². The molecule has 3 nitrogen and oxygen atoms in total. The van der Waals surface area contributed by atoms with Gasteiger partial charge in [-0.2, -0.15) is 0 Å². The van der Waals surface area contributed by atoms with Crippen LogP contribution in [0.4, 0.5) is 0 Å². The highest BCUT2D eigenvalue weighted by Crippen LogP contribution is 2.17. The number of aliphatic hydroxyl groups is 1. The minimum Gasteiger partial charge on any atom is -0.396 e. The van der Waals surface area contributed by atoms with E-state index in [1.807, 2.05) is 6.07 Å². The molecule has 1 saturated heterocycles. The van der Waals surface area contributed by atoms with Gasteiger partial charge in [-0.05, 0) is 43.6 Å². The molecular weight excluding hydrogens is 272 g/mol. The molecule has 1 atom stereocenters. The van der Waals surface area contributed by atoms with Crippen molar-refractivity contribution in [3.63, 3.8) is 0 Å². The number of allylic oxidation sites excluding steroid dienone is 2. The molecule has 0 bridgehead atoms. The molecule has 120 valence electrons. The number of likely N-dealkylation sites (tertiary alicyclic amines) is 1. The predicted molar refractivity (Wildman–Crippen MR) is 92.4 cm³/mol. The summed E-state index contributed by atoms with van der Waals surface area (Å²) in [5.74, 6) is 0.499. The summed E-state index contributed by atoms with van der Waals surface area (Å²) in [7, 11) is 2.07. The van der Waals surface area contributed by atoms with Gasteiger partial charge in [-0.25, -0.2) is 0 Å². The van der Waals surface area contributed by atoms with Gasteiger partial charge < -0.3 is 10.0 Å². The fourth-order valence-electron chi connectivity index (χ4n) is 2.71. The minimum absolute atomic E-state index is 0.339. The third kappa shape index (κ3) is 5.66. The maximum atomic E-state index is 9.02. The van der Waals surface area contributed by atoms with Crippen LogP contribution >= 0.6 is 0 Å². The summed E-state index contributed by atoms with van der Waals surface area (Å²) < 4.78 is 0. The van der Waals surface area contributed by atoms with Crippen LogP contribution in [0.15, 0.2) is 54.3 Å². The van der Waals surface area contributed by atoms with Crippen molar-refractivity contribution in [2.45, 2.75) is 19.9 Å². The normalized spacial score (nSPS) is 21.3. The number of benzene rings is 1. The molecule has 0 radical (unpaired) electrons. The van der Waals surface area contributed by atoms with E-state index in [4.69, 9.17) is 5.11 Å². The number of hydrogen-bond donors (Lipinski definition) is 1. The van der Waals surface area contributed by atoms with Gasteiger partial charge >= 0.3 is 0 Å². The molecule has 1 N–H and O–H groups in total. The second-order valence-corrected chi connectivity index (χ2v) is 6.26. The maximum absolute atomic E-state index is 9.02. The summed E-state index contributed by atoms with van der Waals surface area (Å²) in [6.07, 6.45) is 7.56. The molecule has 0 amide bonds. The van der Waals surface area contributed by atoms with Gasteiger partial charge in [-0.3, -0.25) is 4.90 Å². The van der Waals surface area contributed by atoms with Crippen molar-refractivity contribution in [2.24, 2.45) is 5.92 Å². The van der Waals surface area contributed by atoms with Crippen molar-refractivity contribution in [2.75, 3.05) is 33.3 Å². The first-order valence-corrected chi connectivity index (χ1v) is 8.09. The van der Waals surface area contributed by atoms with Crippen molar-refractivity contribution >= 4 is 0 Å². The van der Waals surface area contributed by atoms with Crippen LogP contribution in [-0.2, 0) is 6.54 Å². The Labute approximate surface area is 134 Å². The summed E-state index contributed by atoms with van der Waals surface area (Å²) in [6, 6.07) is 10.5. The monoisotopic (exact) mass is 300 g/mol. The summed E-state index contributed by atoms with van der Waals surface area (Å²) in [4.78, 5) is 4.56. The van der Waals surface area contributed by atoms with E-state index >= 15 is 0 Å². The summed E-state index contributed by atoms with van der Waals surface area (Å²) in [6.45, 7) is 6.71. The third-order valence-electron chi connectivity index (χ3n) is 4.17. The molecule has 1 unspecified atom stereocenters. The predicted octanol–water partition coefficient (Wildman–Crippen LogP) is 2.89. The van der Waals surface area contributed by atoms with Crippen molar-refractivity contribution < 1.29 is 5.11 Å². The van der Waals surface area contributed by atoms with Gasteiger partial charge in [0.05, 0.1) is 0 Å². The van der Waals surface area contributed by atoms with E-state index in [0.29, 0.717) is 12.5 Å². The summed E-state index contributed by atoms with van der Waals surface area (Å²) in [5.41, 5.74) is 2.73. The van der Waals surface area contributed by atoms with E-state index in [1.165, 1.54) is 11.1 Å². The molecule has 0 spiro atoms. The molecule has 0 saturated carbocycles. The molecule has 1 aromatic carbocycles. The fraction of sp³-hybridized carbons (Fsp3) is 0.474. The molecule has 2 aliphatic rings. The number of aliphatic hydroxyl groups excluding tert-OH is 1. The Morgan fingerprint density at radius 3 is 2.55 bits per heavy atom. The zero-order valence-corrected chi connectivity index (χ0v) is 13.8. The summed E-state index contributed by atoms with van der Waals surface area (Å²) in [5, 5.41) is 9.02. The van der Waals surface area contributed by atoms with Gasteiger partial charge in [0, 0.05) is 33.3 Å². The third-order valence-corrected chi connectivity index (χ3v) is 4.17. The lowest BCUT2D eigenvalue weighted by Crippen LogP contribution is -2.20. The standard InChI is InChI=1S/C12H17NO.C7H11N/c14-10-12-6-7-13(9-12)8-11-4-2-1-3-5-11;1-7-3-5-8(2)6-4-7/h1-5,12,14H,6-10H2;3-5H,6H2,1-2H3. The number of rotatable bonds is 3. The van der Waals surface area contributed by atoms with Gasteiger partial charge in [-0.15, -0.1) is 0 Å². The van der Waals surface area contributed by atoms with Crippen LogP contribution in [-0.4, -0.2) is 48.2 Å². The van der Waals surface area contributed by atoms with E-state index in [0.717, 1.165) is 32.6 Å². The van der Waals surface area contributed by atoms with Gasteiger partial charge in [0.1, 0.15) is 0 Å². The van der Waals surface area contributed by atoms with E-state index in [1.54, 1.807) is 0 Å². The van der Waals surface area contributed by atoms with Crippen LogP contribution in [0.1, 0.15) is 18.9 Å². The Hall–Kier alpha value is -1.58. The maximum Gasteiger partial charge on any atom is 0.0471 e. The lowest BCUT2D eigenvalue weighted by molar-refractivity contribution is 0.220. The van der Waals surface area contributed by atoms with Gasteiger partial charge in [0.2, 0.25) is 0 Å². The fourth-order valence-corrected chi connectivity index (χ4v) is 2.71. The highest BCUT2D eigenvalue weighted by Gasteiger charge is 2.21. The molecule has 1 fully saturated rings. The van der Waals surface area contributed by atoms with Crippen molar-refractivity contribution in [3.05, 3.63) is 59.8 Å². The van der Waals surface area contributed by atoms with Crippen molar-refractivity contribution in [3.8, 4) is 0 Å². The van der Waals surface area contributed by atoms with Gasteiger partial charge in [0.25, 0.3) is 0 Å². The molecule has 3 heteroatoms. The molecule has 0 aliphatic carbocycles. The lowest BCUT2D eigenvalue weighted by Gasteiger charge is -2.15. The van der Waals surface area contributed by atoms with Crippen molar-refractivity contribution in [1.29, 1.82) is 0 Å². The number of likely N-dealkylation sites (N-methyl/N-ethyl adjacent to an activating group) is 1. The molecule has 0 aromatic heterocycles. The van der Waals surface area contributed by atoms with E-state index in [9.17, 15) is 0 Å². The largest absolute Gasteiger partial charge is 0.396 e. The quantitative estimate of drug-likeness (QED) is 0.930.